The van der Waals surface area contributed by atoms with Crippen molar-refractivity contribution >= 4 is 16.7 Å². The van der Waals surface area contributed by atoms with Crippen LogP contribution in [0.1, 0.15) is 55.6 Å². The molecule has 6 rings (SSSR count). The Labute approximate surface area is 199 Å². The van der Waals surface area contributed by atoms with Crippen LogP contribution in [0.3, 0.4) is 0 Å². The van der Waals surface area contributed by atoms with Crippen molar-refractivity contribution in [3.63, 3.8) is 0 Å². The molecule has 3 N–H and O–H groups in total. The number of fused-ring (bicyclic) bond motifs is 2. The van der Waals surface area contributed by atoms with Gasteiger partial charge in [0.05, 0.1) is 34.5 Å². The maximum Gasteiger partial charge on any atom is 0.418 e. The highest BCUT2D eigenvalue weighted by Gasteiger charge is 2.56. The number of aryl methyl sites for hydroxylation is 1. The van der Waals surface area contributed by atoms with E-state index < -0.39 is 28.8 Å². The molecular formula is C24H26F4N6O. The van der Waals surface area contributed by atoms with E-state index >= 15 is 4.39 Å². The first-order valence-electron chi connectivity index (χ1n) is 11.9. The number of piperidine rings is 1. The number of anilines is 1. The van der Waals surface area contributed by atoms with Crippen molar-refractivity contribution in [2.24, 2.45) is 11.8 Å². The lowest BCUT2D eigenvalue weighted by atomic mass is 10.0. The van der Waals surface area contributed by atoms with Gasteiger partial charge in [0, 0.05) is 11.5 Å². The summed E-state index contributed by atoms with van der Waals surface area (Å²) in [6.07, 6.45) is -3.43. The summed E-state index contributed by atoms with van der Waals surface area (Å²) in [5.74, 6) is 0.0935. The van der Waals surface area contributed by atoms with E-state index in [0.717, 1.165) is 37.7 Å². The highest BCUT2D eigenvalue weighted by Crippen LogP contribution is 2.58. The lowest BCUT2D eigenvalue weighted by molar-refractivity contribution is -0.137. The molecule has 3 aromatic rings. The Balaban J connectivity index is 1.65. The smallest absolute Gasteiger partial charge is 0.418 e. The number of hydrogen-bond donors (Lipinski definition) is 2. The van der Waals surface area contributed by atoms with Crippen molar-refractivity contribution in [2.75, 3.05) is 18.8 Å². The van der Waals surface area contributed by atoms with Crippen molar-refractivity contribution in [3.05, 3.63) is 28.8 Å². The average molecular weight is 491 g/mol. The number of pyridine rings is 2. The molecule has 1 unspecified atom stereocenters. The van der Waals surface area contributed by atoms with Gasteiger partial charge in [-0.3, -0.25) is 4.68 Å². The summed E-state index contributed by atoms with van der Waals surface area (Å²) in [4.78, 5) is 8.14. The second kappa shape index (κ2) is 7.52. The second-order valence-electron chi connectivity index (χ2n) is 10.1. The summed E-state index contributed by atoms with van der Waals surface area (Å²) in [7, 11) is 0. The molecule has 1 saturated heterocycles. The van der Waals surface area contributed by atoms with E-state index in [1.54, 1.807) is 18.5 Å². The number of nitrogens with one attached hydrogen (secondary N) is 1. The lowest BCUT2D eigenvalue weighted by Crippen LogP contribution is -2.15. The molecule has 3 atom stereocenters. The highest BCUT2D eigenvalue weighted by atomic mass is 19.4. The van der Waals surface area contributed by atoms with Gasteiger partial charge in [0.1, 0.15) is 17.0 Å². The van der Waals surface area contributed by atoms with Gasteiger partial charge in [0.2, 0.25) is 5.88 Å². The van der Waals surface area contributed by atoms with Crippen LogP contribution in [0.4, 0.5) is 23.4 Å². The number of hydrogen-bond acceptors (Lipinski definition) is 6. The molecule has 2 aliphatic carbocycles. The largest absolute Gasteiger partial charge is 0.474 e. The molecule has 1 aliphatic heterocycles. The molecular weight excluding hydrogens is 464 g/mol. The lowest BCUT2D eigenvalue weighted by Gasteiger charge is -2.18. The Morgan fingerprint density at radius 2 is 1.86 bits per heavy atom. The standard InChI is InChI=1S/C24H26F4N6O/c1-9(2)35-23-17-21(16-13-7-30-8-14(13)16)33-34(11-4-5-11)22(17)19(25)20(32-23)12-6-15(29)31-10(3)18(12)24(26,27)28/h6,9,11,13-14,16,30H,4-5,7-8H2,1-3H3,(H2,29,31)/t13-,14+,16?. The molecule has 3 fully saturated rings. The van der Waals surface area contributed by atoms with Gasteiger partial charge in [-0.15, -0.1) is 0 Å². The fourth-order valence-electron chi connectivity index (χ4n) is 5.56. The van der Waals surface area contributed by atoms with E-state index in [9.17, 15) is 13.2 Å². The predicted molar refractivity (Wildman–Crippen MR) is 121 cm³/mol. The minimum atomic E-state index is -4.78. The first kappa shape index (κ1) is 22.5. The van der Waals surface area contributed by atoms with Gasteiger partial charge in [0.25, 0.3) is 0 Å². The number of ether oxygens (including phenoxy) is 1. The average Bonchev–Trinajstić information content (AvgIpc) is 3.62. The van der Waals surface area contributed by atoms with Crippen LogP contribution < -0.4 is 15.8 Å². The van der Waals surface area contributed by atoms with Gasteiger partial charge in [-0.1, -0.05) is 0 Å². The van der Waals surface area contributed by atoms with Gasteiger partial charge < -0.3 is 15.8 Å². The Morgan fingerprint density at radius 1 is 1.17 bits per heavy atom. The molecule has 11 heteroatoms. The molecule has 186 valence electrons. The van der Waals surface area contributed by atoms with Crippen LogP contribution in [0, 0.1) is 24.6 Å². The summed E-state index contributed by atoms with van der Waals surface area (Å²) >= 11 is 0. The van der Waals surface area contributed by atoms with Crippen LogP contribution in [0.25, 0.3) is 22.2 Å². The first-order chi connectivity index (χ1) is 16.6. The molecule has 0 bridgehead atoms. The third-order valence-electron chi connectivity index (χ3n) is 7.19. The van der Waals surface area contributed by atoms with Gasteiger partial charge in [-0.2, -0.15) is 18.3 Å². The minimum absolute atomic E-state index is 0.00551. The molecule has 35 heavy (non-hydrogen) atoms. The third-order valence-corrected chi connectivity index (χ3v) is 7.19. The normalized spacial score (nSPS) is 23.8. The molecule has 0 radical (unpaired) electrons. The first-order valence-corrected chi connectivity index (χ1v) is 11.9. The topological polar surface area (TPSA) is 90.9 Å². The molecule has 3 aromatic heterocycles. The van der Waals surface area contributed by atoms with Crippen LogP contribution in [-0.2, 0) is 6.18 Å². The van der Waals surface area contributed by atoms with E-state index in [-0.39, 0.29) is 41.0 Å². The zero-order valence-electron chi connectivity index (χ0n) is 19.6. The quantitative estimate of drug-likeness (QED) is 0.508. The van der Waals surface area contributed by atoms with Crippen LogP contribution >= 0.6 is 0 Å². The molecule has 0 amide bonds. The van der Waals surface area contributed by atoms with Crippen molar-refractivity contribution < 1.29 is 22.3 Å². The van der Waals surface area contributed by atoms with Crippen molar-refractivity contribution in [3.8, 4) is 17.1 Å². The van der Waals surface area contributed by atoms with E-state index in [1.807, 2.05) is 0 Å². The van der Waals surface area contributed by atoms with E-state index in [4.69, 9.17) is 15.6 Å². The number of aromatic nitrogens is 4. The number of nitrogen functional groups attached to an aromatic ring is 1. The Bertz CT molecular complexity index is 1340. The molecule has 2 saturated carbocycles. The van der Waals surface area contributed by atoms with Crippen molar-refractivity contribution in [1.29, 1.82) is 0 Å². The van der Waals surface area contributed by atoms with Gasteiger partial charge in [-0.05, 0) is 64.6 Å². The minimum Gasteiger partial charge on any atom is -0.474 e. The predicted octanol–water partition coefficient (Wildman–Crippen LogP) is 4.60. The molecule has 7 nitrogen and oxygen atoms in total. The Kier molecular flexibility index (Phi) is 4.84. The maximum absolute atomic E-state index is 16.3. The number of nitrogens with zero attached hydrogens (tertiary/aromatic N) is 4. The van der Waals surface area contributed by atoms with E-state index in [0.29, 0.717) is 17.2 Å². The summed E-state index contributed by atoms with van der Waals surface area (Å²) in [5.41, 5.74) is 4.38. The van der Waals surface area contributed by atoms with Crippen LogP contribution in [0.5, 0.6) is 5.88 Å². The zero-order chi connectivity index (χ0) is 24.8. The van der Waals surface area contributed by atoms with Gasteiger partial charge >= 0.3 is 6.18 Å². The van der Waals surface area contributed by atoms with E-state index in [2.05, 4.69) is 15.3 Å². The number of halogens is 4. The Morgan fingerprint density at radius 3 is 2.46 bits per heavy atom. The monoisotopic (exact) mass is 490 g/mol. The zero-order valence-corrected chi connectivity index (χ0v) is 19.6. The summed E-state index contributed by atoms with van der Waals surface area (Å²) < 4.78 is 66.2. The second-order valence-corrected chi connectivity index (χ2v) is 10.1. The summed E-state index contributed by atoms with van der Waals surface area (Å²) in [6.45, 7) is 6.54. The fraction of sp³-hybridized carbons (Fsp3) is 0.542. The summed E-state index contributed by atoms with van der Waals surface area (Å²) in [5, 5.41) is 8.66. The Hall–Kier alpha value is -2.95. The van der Waals surface area contributed by atoms with Crippen LogP contribution in [0.15, 0.2) is 6.07 Å². The molecule has 4 heterocycles. The van der Waals surface area contributed by atoms with Gasteiger partial charge in [-0.25, -0.2) is 14.4 Å². The van der Waals surface area contributed by atoms with Crippen LogP contribution in [0.2, 0.25) is 0 Å². The van der Waals surface area contributed by atoms with Crippen molar-refractivity contribution in [2.45, 2.75) is 57.9 Å². The number of rotatable bonds is 5. The third kappa shape index (κ3) is 3.54. The highest BCUT2D eigenvalue weighted by molar-refractivity contribution is 5.92. The van der Waals surface area contributed by atoms with Crippen molar-refractivity contribution in [1.82, 2.24) is 25.1 Å². The van der Waals surface area contributed by atoms with Gasteiger partial charge in [0.15, 0.2) is 5.82 Å². The van der Waals surface area contributed by atoms with Crippen LogP contribution in [-0.4, -0.2) is 38.9 Å². The van der Waals surface area contributed by atoms with E-state index in [1.165, 1.54) is 6.92 Å². The SMILES string of the molecule is Cc1nc(N)cc(-c2nc(OC(C)C)c3c(C4[C@H]5CNC[C@@H]45)nn(C4CC4)c3c2F)c1C(F)(F)F. The molecule has 0 spiro atoms. The molecule has 0 aromatic carbocycles. The summed E-state index contributed by atoms with van der Waals surface area (Å²) in [6, 6.07) is 1.04. The number of alkyl halides is 3. The maximum atomic E-state index is 16.3. The number of nitrogens with two attached hydrogens (primary N) is 1. The fourth-order valence-corrected chi connectivity index (χ4v) is 5.56. The molecule has 3 aliphatic rings.